The van der Waals surface area contributed by atoms with E-state index in [1.165, 1.54) is 17.3 Å². The first kappa shape index (κ1) is 15.9. The Bertz CT molecular complexity index is 889. The van der Waals surface area contributed by atoms with E-state index in [9.17, 15) is 13.5 Å². The summed E-state index contributed by atoms with van der Waals surface area (Å²) in [6.07, 6.45) is 1.43. The molecule has 1 aliphatic rings. The SMILES string of the molecule is O=S1(=O)N=C(N(CCO)N=Cc2ccc(Br)o2)c2ccccc21. The van der Waals surface area contributed by atoms with Gasteiger partial charge in [0.25, 0.3) is 10.0 Å². The number of hydrogen-bond acceptors (Lipinski definition) is 6. The number of furan rings is 1. The van der Waals surface area contributed by atoms with Crippen LogP contribution in [-0.4, -0.2) is 43.7 Å². The minimum Gasteiger partial charge on any atom is -0.448 e. The molecule has 23 heavy (non-hydrogen) atoms. The predicted octanol–water partition coefficient (Wildman–Crippen LogP) is 1.82. The fraction of sp³-hybridized carbons (Fsp3) is 0.143. The van der Waals surface area contributed by atoms with E-state index in [1.807, 2.05) is 0 Å². The van der Waals surface area contributed by atoms with Gasteiger partial charge >= 0.3 is 0 Å². The number of halogens is 1. The highest BCUT2D eigenvalue weighted by molar-refractivity contribution is 9.10. The molecule has 1 N–H and O–H groups in total. The van der Waals surface area contributed by atoms with Crippen LogP contribution in [0.4, 0.5) is 0 Å². The number of aliphatic hydroxyl groups is 1. The van der Waals surface area contributed by atoms with Crippen molar-refractivity contribution in [3.8, 4) is 0 Å². The summed E-state index contributed by atoms with van der Waals surface area (Å²) < 4.78 is 33.8. The second-order valence-electron chi connectivity index (χ2n) is 4.62. The van der Waals surface area contributed by atoms with Gasteiger partial charge in [0.15, 0.2) is 10.5 Å². The van der Waals surface area contributed by atoms with E-state index in [4.69, 9.17) is 4.42 Å². The number of hydrogen-bond donors (Lipinski definition) is 1. The third-order valence-electron chi connectivity index (χ3n) is 3.09. The van der Waals surface area contributed by atoms with Crippen molar-refractivity contribution >= 4 is 38.0 Å². The molecule has 0 spiro atoms. The van der Waals surface area contributed by atoms with Crippen molar-refractivity contribution in [2.75, 3.05) is 13.2 Å². The number of nitrogens with zero attached hydrogens (tertiary/aromatic N) is 3. The number of rotatable bonds is 4. The van der Waals surface area contributed by atoms with Crippen LogP contribution in [0.3, 0.4) is 0 Å². The fourth-order valence-corrected chi connectivity index (χ4v) is 3.64. The largest absolute Gasteiger partial charge is 0.448 e. The van der Waals surface area contributed by atoms with Crippen molar-refractivity contribution in [1.82, 2.24) is 5.01 Å². The van der Waals surface area contributed by atoms with Gasteiger partial charge in [-0.15, -0.1) is 4.40 Å². The van der Waals surface area contributed by atoms with Gasteiger partial charge in [-0.3, -0.25) is 0 Å². The molecule has 0 atom stereocenters. The maximum absolute atomic E-state index is 12.1. The molecule has 1 aliphatic heterocycles. The van der Waals surface area contributed by atoms with Crippen LogP contribution in [0.5, 0.6) is 0 Å². The monoisotopic (exact) mass is 397 g/mol. The molecule has 120 valence electrons. The van der Waals surface area contributed by atoms with E-state index >= 15 is 0 Å². The van der Waals surface area contributed by atoms with E-state index in [2.05, 4.69) is 25.4 Å². The Morgan fingerprint density at radius 2 is 2.09 bits per heavy atom. The third-order valence-corrected chi connectivity index (χ3v) is 4.84. The molecule has 0 aliphatic carbocycles. The minimum atomic E-state index is -3.74. The predicted molar refractivity (Wildman–Crippen MR) is 88.0 cm³/mol. The number of benzene rings is 1. The van der Waals surface area contributed by atoms with Crippen LogP contribution in [0.25, 0.3) is 0 Å². The summed E-state index contributed by atoms with van der Waals surface area (Å²) in [5, 5.41) is 14.7. The Morgan fingerprint density at radius 3 is 2.78 bits per heavy atom. The summed E-state index contributed by atoms with van der Waals surface area (Å²) in [6, 6.07) is 9.92. The fourth-order valence-electron chi connectivity index (χ4n) is 2.11. The van der Waals surface area contributed by atoms with Crippen LogP contribution in [-0.2, 0) is 10.0 Å². The van der Waals surface area contributed by atoms with Gasteiger partial charge in [0.2, 0.25) is 0 Å². The maximum Gasteiger partial charge on any atom is 0.285 e. The average molecular weight is 398 g/mol. The van der Waals surface area contributed by atoms with Crippen LogP contribution in [0.15, 0.2) is 59.9 Å². The van der Waals surface area contributed by atoms with Crippen molar-refractivity contribution in [1.29, 1.82) is 0 Å². The van der Waals surface area contributed by atoms with Crippen LogP contribution >= 0.6 is 15.9 Å². The summed E-state index contributed by atoms with van der Waals surface area (Å²) in [7, 11) is -3.74. The second-order valence-corrected chi connectivity index (χ2v) is 6.97. The molecular weight excluding hydrogens is 386 g/mol. The van der Waals surface area contributed by atoms with E-state index in [1.54, 1.807) is 30.3 Å². The maximum atomic E-state index is 12.1. The van der Waals surface area contributed by atoms with E-state index in [0.717, 1.165) is 0 Å². The van der Waals surface area contributed by atoms with Gasteiger partial charge in [-0.1, -0.05) is 12.1 Å². The van der Waals surface area contributed by atoms with Gasteiger partial charge in [0.05, 0.1) is 19.4 Å². The molecule has 0 amide bonds. The van der Waals surface area contributed by atoms with Gasteiger partial charge in [0, 0.05) is 5.56 Å². The summed E-state index contributed by atoms with van der Waals surface area (Å²) in [5.41, 5.74) is 0.457. The molecular formula is C14H12BrN3O4S. The van der Waals surface area contributed by atoms with Crippen molar-refractivity contribution in [2.45, 2.75) is 4.90 Å². The Morgan fingerprint density at radius 1 is 1.30 bits per heavy atom. The zero-order valence-corrected chi connectivity index (χ0v) is 14.2. The highest BCUT2D eigenvalue weighted by Gasteiger charge is 2.31. The molecule has 2 heterocycles. The lowest BCUT2D eigenvalue weighted by atomic mass is 10.2. The third kappa shape index (κ3) is 3.21. The van der Waals surface area contributed by atoms with E-state index in [0.29, 0.717) is 16.0 Å². The number of sulfonamides is 1. The molecule has 9 heteroatoms. The number of fused-ring (bicyclic) bond motifs is 1. The lowest BCUT2D eigenvalue weighted by molar-refractivity contribution is 0.253. The summed E-state index contributed by atoms with van der Waals surface area (Å²) >= 11 is 3.19. The number of hydrazone groups is 1. The van der Waals surface area contributed by atoms with Crippen LogP contribution in [0.2, 0.25) is 0 Å². The summed E-state index contributed by atoms with van der Waals surface area (Å²) in [6.45, 7) is -0.110. The molecule has 2 aromatic rings. The standard InChI is InChI=1S/C14H12BrN3O4S/c15-13-6-5-10(22-13)9-16-18(7-8-19)14-11-3-1-2-4-12(11)23(20,21)17-14/h1-6,9,19H,7-8H2. The normalized spacial score (nSPS) is 15.7. The number of aliphatic hydroxyl groups excluding tert-OH is 1. The summed E-state index contributed by atoms with van der Waals surface area (Å²) in [5.74, 6) is 0.658. The van der Waals surface area contributed by atoms with Crippen molar-refractivity contribution < 1.29 is 17.9 Å². The summed E-state index contributed by atoms with van der Waals surface area (Å²) in [4.78, 5) is 0.133. The molecule has 0 bridgehead atoms. The Kier molecular flexibility index (Phi) is 4.33. The molecule has 0 saturated heterocycles. The smallest absolute Gasteiger partial charge is 0.285 e. The van der Waals surface area contributed by atoms with E-state index < -0.39 is 10.0 Å². The Labute approximate surface area is 141 Å². The van der Waals surface area contributed by atoms with Gasteiger partial charge < -0.3 is 9.52 Å². The lowest BCUT2D eigenvalue weighted by Crippen LogP contribution is -2.28. The Hall–Kier alpha value is -1.97. The molecule has 0 fully saturated rings. The van der Waals surface area contributed by atoms with Crippen LogP contribution in [0, 0.1) is 0 Å². The zero-order valence-electron chi connectivity index (χ0n) is 11.8. The van der Waals surface area contributed by atoms with Crippen LogP contribution < -0.4 is 0 Å². The Balaban J connectivity index is 1.97. The molecule has 7 nitrogen and oxygen atoms in total. The molecule has 0 radical (unpaired) electrons. The van der Waals surface area contributed by atoms with Gasteiger partial charge in [-0.2, -0.15) is 13.5 Å². The molecule has 1 aromatic carbocycles. The zero-order chi connectivity index (χ0) is 16.4. The van der Waals surface area contributed by atoms with Gasteiger partial charge in [-0.25, -0.2) is 5.01 Å². The molecule has 3 rings (SSSR count). The highest BCUT2D eigenvalue weighted by atomic mass is 79.9. The topological polar surface area (TPSA) is 95.5 Å². The first-order chi connectivity index (χ1) is 11.0. The van der Waals surface area contributed by atoms with Crippen molar-refractivity contribution in [2.24, 2.45) is 9.50 Å². The number of amidine groups is 1. The highest BCUT2D eigenvalue weighted by Crippen LogP contribution is 2.27. The lowest BCUT2D eigenvalue weighted by Gasteiger charge is -2.17. The second kappa shape index (κ2) is 6.26. The average Bonchev–Trinajstić information content (AvgIpc) is 3.06. The minimum absolute atomic E-state index is 0.0983. The molecule has 0 unspecified atom stereocenters. The van der Waals surface area contributed by atoms with E-state index in [-0.39, 0.29) is 23.9 Å². The van der Waals surface area contributed by atoms with Crippen molar-refractivity contribution in [3.05, 3.63) is 52.4 Å². The van der Waals surface area contributed by atoms with Crippen LogP contribution in [0.1, 0.15) is 11.3 Å². The quantitative estimate of drug-likeness (QED) is 0.626. The van der Waals surface area contributed by atoms with Gasteiger partial charge in [-0.05, 0) is 40.2 Å². The van der Waals surface area contributed by atoms with Crippen molar-refractivity contribution in [3.63, 3.8) is 0 Å². The molecule has 1 aromatic heterocycles. The first-order valence-electron chi connectivity index (χ1n) is 6.63. The first-order valence-corrected chi connectivity index (χ1v) is 8.86. The molecule has 0 saturated carbocycles. The van der Waals surface area contributed by atoms with Gasteiger partial charge in [0.1, 0.15) is 10.7 Å².